The van der Waals surface area contributed by atoms with E-state index < -0.39 is 0 Å². The number of piperidine rings is 1. The van der Waals surface area contributed by atoms with Gasteiger partial charge in [0.05, 0.1) is 0 Å². The molecule has 1 nitrogen and oxygen atoms in total. The molecule has 0 radical (unpaired) electrons. The van der Waals surface area contributed by atoms with Crippen LogP contribution in [0.2, 0.25) is 0 Å². The quantitative estimate of drug-likeness (QED) is 0.827. The van der Waals surface area contributed by atoms with Gasteiger partial charge in [-0.05, 0) is 68.8 Å². The maximum atomic E-state index is 13.3. The van der Waals surface area contributed by atoms with Gasteiger partial charge in [-0.2, -0.15) is 0 Å². The molecule has 16 heavy (non-hydrogen) atoms. The second-order valence-corrected chi connectivity index (χ2v) is 4.83. The molecule has 88 valence electrons. The average molecular weight is 221 g/mol. The van der Waals surface area contributed by atoms with Gasteiger partial charge in [-0.25, -0.2) is 4.39 Å². The fourth-order valence-electron chi connectivity index (χ4n) is 2.33. The van der Waals surface area contributed by atoms with Gasteiger partial charge >= 0.3 is 0 Å². The molecule has 0 saturated carbocycles. The van der Waals surface area contributed by atoms with Gasteiger partial charge in [0.15, 0.2) is 0 Å². The lowest BCUT2D eigenvalue weighted by Gasteiger charge is -2.22. The molecule has 0 spiro atoms. The van der Waals surface area contributed by atoms with Gasteiger partial charge in [-0.15, -0.1) is 0 Å². The van der Waals surface area contributed by atoms with Gasteiger partial charge in [0.2, 0.25) is 0 Å². The molecule has 1 aliphatic rings. The Hall–Kier alpha value is -0.890. The molecule has 1 atom stereocenters. The number of hydrogen-bond acceptors (Lipinski definition) is 1. The van der Waals surface area contributed by atoms with Crippen LogP contribution in [0.1, 0.15) is 30.4 Å². The number of nitrogens with one attached hydrogen (secondary N) is 1. The maximum Gasteiger partial charge on any atom is 0.126 e. The Kier molecular flexibility index (Phi) is 3.94. The summed E-state index contributed by atoms with van der Waals surface area (Å²) in [5, 5.41) is 3.42. The Labute approximate surface area is 97.1 Å². The predicted octanol–water partition coefficient (Wildman–Crippen LogP) is 3.07. The van der Waals surface area contributed by atoms with Crippen molar-refractivity contribution in [2.45, 2.75) is 32.6 Å². The van der Waals surface area contributed by atoms with Gasteiger partial charge in [-0.3, -0.25) is 0 Å². The molecule has 0 aromatic heterocycles. The summed E-state index contributed by atoms with van der Waals surface area (Å²) < 4.78 is 13.3. The second-order valence-electron chi connectivity index (χ2n) is 4.83. The maximum absolute atomic E-state index is 13.3. The van der Waals surface area contributed by atoms with Crippen molar-refractivity contribution in [1.82, 2.24) is 5.32 Å². The fraction of sp³-hybridized carbons (Fsp3) is 0.571. The van der Waals surface area contributed by atoms with Crippen LogP contribution in [0.4, 0.5) is 4.39 Å². The molecule has 1 heterocycles. The van der Waals surface area contributed by atoms with Crippen molar-refractivity contribution < 1.29 is 4.39 Å². The van der Waals surface area contributed by atoms with Gasteiger partial charge in [0.25, 0.3) is 0 Å². The molecule has 1 fully saturated rings. The normalized spacial score (nSPS) is 21.0. The van der Waals surface area contributed by atoms with Crippen molar-refractivity contribution in [3.05, 3.63) is 35.1 Å². The van der Waals surface area contributed by atoms with Crippen LogP contribution in [0.5, 0.6) is 0 Å². The summed E-state index contributed by atoms with van der Waals surface area (Å²) >= 11 is 0. The first-order valence-corrected chi connectivity index (χ1v) is 6.21. The van der Waals surface area contributed by atoms with E-state index in [0.717, 1.165) is 36.6 Å². The molecule has 1 aromatic rings. The minimum atomic E-state index is -0.0701. The smallest absolute Gasteiger partial charge is 0.126 e. The third-order valence-corrected chi connectivity index (χ3v) is 3.48. The Morgan fingerprint density at radius 3 is 3.00 bits per heavy atom. The lowest BCUT2D eigenvalue weighted by molar-refractivity contribution is 0.358. The van der Waals surface area contributed by atoms with Gasteiger partial charge in [-0.1, -0.05) is 12.1 Å². The van der Waals surface area contributed by atoms with Crippen LogP contribution in [0.15, 0.2) is 18.2 Å². The average Bonchev–Trinajstić information content (AvgIpc) is 2.32. The summed E-state index contributed by atoms with van der Waals surface area (Å²) in [7, 11) is 0. The van der Waals surface area contributed by atoms with Crippen molar-refractivity contribution >= 4 is 0 Å². The number of halogens is 1. The summed E-state index contributed by atoms with van der Waals surface area (Å²) in [5.74, 6) is 0.706. The molecular weight excluding hydrogens is 201 g/mol. The zero-order valence-corrected chi connectivity index (χ0v) is 9.93. The monoisotopic (exact) mass is 221 g/mol. The Bertz CT molecular complexity index is 343. The van der Waals surface area contributed by atoms with E-state index in [-0.39, 0.29) is 5.82 Å². The van der Waals surface area contributed by atoms with Crippen molar-refractivity contribution in [3.63, 3.8) is 0 Å². The summed E-state index contributed by atoms with van der Waals surface area (Å²) in [6.45, 7) is 4.11. The number of rotatable bonds is 3. The van der Waals surface area contributed by atoms with Crippen molar-refractivity contribution in [3.8, 4) is 0 Å². The van der Waals surface area contributed by atoms with E-state index in [4.69, 9.17) is 0 Å². The van der Waals surface area contributed by atoms with Crippen molar-refractivity contribution in [1.29, 1.82) is 0 Å². The van der Waals surface area contributed by atoms with Crippen LogP contribution in [-0.4, -0.2) is 13.1 Å². The van der Waals surface area contributed by atoms with Crippen molar-refractivity contribution in [2.24, 2.45) is 5.92 Å². The molecule has 0 bridgehead atoms. The van der Waals surface area contributed by atoms with E-state index in [1.807, 2.05) is 13.0 Å². The fourth-order valence-corrected chi connectivity index (χ4v) is 2.33. The highest BCUT2D eigenvalue weighted by Gasteiger charge is 2.12. The van der Waals surface area contributed by atoms with Crippen LogP contribution < -0.4 is 5.32 Å². The molecule has 2 rings (SSSR count). The summed E-state index contributed by atoms with van der Waals surface area (Å²) in [4.78, 5) is 0. The molecule has 1 unspecified atom stereocenters. The zero-order valence-electron chi connectivity index (χ0n) is 9.93. The number of aryl methyl sites for hydroxylation is 2. The van der Waals surface area contributed by atoms with Crippen molar-refractivity contribution in [2.75, 3.05) is 13.1 Å². The van der Waals surface area contributed by atoms with E-state index in [2.05, 4.69) is 11.4 Å². The SMILES string of the molecule is Cc1ccc(CCC2CCCNC2)cc1F. The molecule has 1 aliphatic heterocycles. The highest BCUT2D eigenvalue weighted by molar-refractivity contribution is 5.23. The first kappa shape index (κ1) is 11.6. The predicted molar refractivity (Wildman–Crippen MR) is 65.1 cm³/mol. The van der Waals surface area contributed by atoms with E-state index in [1.165, 1.54) is 19.3 Å². The summed E-state index contributed by atoms with van der Waals surface area (Å²) in [6.07, 6.45) is 4.79. The van der Waals surface area contributed by atoms with E-state index >= 15 is 0 Å². The third kappa shape index (κ3) is 3.05. The Morgan fingerprint density at radius 2 is 2.31 bits per heavy atom. The first-order valence-electron chi connectivity index (χ1n) is 6.21. The van der Waals surface area contributed by atoms with E-state index in [0.29, 0.717) is 0 Å². The van der Waals surface area contributed by atoms with Crippen LogP contribution >= 0.6 is 0 Å². The first-order chi connectivity index (χ1) is 7.75. The topological polar surface area (TPSA) is 12.0 Å². The van der Waals surface area contributed by atoms with E-state index in [9.17, 15) is 4.39 Å². The molecule has 1 saturated heterocycles. The molecule has 0 aliphatic carbocycles. The second kappa shape index (κ2) is 5.44. The lowest BCUT2D eigenvalue weighted by Crippen LogP contribution is -2.29. The zero-order chi connectivity index (χ0) is 11.4. The Morgan fingerprint density at radius 1 is 1.44 bits per heavy atom. The molecule has 1 N–H and O–H groups in total. The molecule has 2 heteroatoms. The standard InChI is InChI=1S/C14H20FN/c1-11-4-5-12(9-14(11)15)6-7-13-3-2-8-16-10-13/h4-5,9,13,16H,2-3,6-8,10H2,1H3. The van der Waals surface area contributed by atoms with Crippen LogP contribution in [-0.2, 0) is 6.42 Å². The van der Waals surface area contributed by atoms with Crippen LogP contribution in [0.25, 0.3) is 0 Å². The third-order valence-electron chi connectivity index (χ3n) is 3.48. The number of benzene rings is 1. The largest absolute Gasteiger partial charge is 0.316 e. The Balaban J connectivity index is 1.86. The number of hydrogen-bond donors (Lipinski definition) is 1. The summed E-state index contributed by atoms with van der Waals surface area (Å²) in [6, 6.07) is 5.62. The molecule has 1 aromatic carbocycles. The summed E-state index contributed by atoms with van der Waals surface area (Å²) in [5.41, 5.74) is 1.87. The highest BCUT2D eigenvalue weighted by Crippen LogP contribution is 2.18. The van der Waals surface area contributed by atoms with Gasteiger partial charge in [0.1, 0.15) is 5.82 Å². The highest BCUT2D eigenvalue weighted by atomic mass is 19.1. The lowest BCUT2D eigenvalue weighted by atomic mass is 9.92. The minimum Gasteiger partial charge on any atom is -0.316 e. The van der Waals surface area contributed by atoms with Gasteiger partial charge in [0, 0.05) is 0 Å². The van der Waals surface area contributed by atoms with Crippen LogP contribution in [0, 0.1) is 18.7 Å². The van der Waals surface area contributed by atoms with Crippen LogP contribution in [0.3, 0.4) is 0 Å². The van der Waals surface area contributed by atoms with Gasteiger partial charge < -0.3 is 5.32 Å². The minimum absolute atomic E-state index is 0.0701. The van der Waals surface area contributed by atoms with E-state index in [1.54, 1.807) is 6.07 Å². The molecule has 0 amide bonds. The molecular formula is C14H20FN.